The molecule has 1 aromatic heterocycles. The lowest BCUT2D eigenvalue weighted by atomic mass is 10.2. The first kappa shape index (κ1) is 16.3. The highest BCUT2D eigenvalue weighted by Crippen LogP contribution is 2.22. The van der Waals surface area contributed by atoms with Gasteiger partial charge in [-0.2, -0.15) is 0 Å². The van der Waals surface area contributed by atoms with Crippen LogP contribution in [0.15, 0.2) is 29.6 Å². The Balaban J connectivity index is 1.97. The molecule has 22 heavy (non-hydrogen) atoms. The van der Waals surface area contributed by atoms with Crippen molar-refractivity contribution in [2.45, 2.75) is 5.75 Å². The van der Waals surface area contributed by atoms with Gasteiger partial charge in [0.2, 0.25) is 5.91 Å². The number of hydrogen-bond acceptors (Lipinski definition) is 6. The number of anilines is 1. The third-order valence-electron chi connectivity index (χ3n) is 2.62. The van der Waals surface area contributed by atoms with Gasteiger partial charge in [-0.1, -0.05) is 12.1 Å². The van der Waals surface area contributed by atoms with Gasteiger partial charge < -0.3 is 10.5 Å². The van der Waals surface area contributed by atoms with Crippen LogP contribution in [0.1, 0.15) is 16.1 Å². The Bertz CT molecular complexity index is 673. The number of hydrogen-bond donors (Lipinski definition) is 2. The number of carbonyl (C=O) groups excluding carboxylic acids is 2. The van der Waals surface area contributed by atoms with E-state index in [4.69, 9.17) is 10.5 Å². The van der Waals surface area contributed by atoms with E-state index in [9.17, 15) is 9.59 Å². The second kappa shape index (κ2) is 7.81. The van der Waals surface area contributed by atoms with Crippen molar-refractivity contribution in [2.75, 3.05) is 18.2 Å². The lowest BCUT2D eigenvalue weighted by Crippen LogP contribution is -2.13. The van der Waals surface area contributed by atoms with Crippen molar-refractivity contribution in [2.24, 2.45) is 5.73 Å². The van der Waals surface area contributed by atoms with E-state index in [-0.39, 0.29) is 17.6 Å². The number of para-hydroxylation sites is 1. The third kappa shape index (κ3) is 4.47. The molecule has 0 aliphatic rings. The molecule has 0 unspecified atom stereocenters. The number of aromatic nitrogens is 1. The normalized spacial score (nSPS) is 10.2. The van der Waals surface area contributed by atoms with Gasteiger partial charge >= 0.3 is 0 Å². The summed E-state index contributed by atoms with van der Waals surface area (Å²) in [6, 6.07) is 6.98. The van der Waals surface area contributed by atoms with Gasteiger partial charge in [0, 0.05) is 11.1 Å². The molecule has 3 N–H and O–H groups in total. The maximum Gasteiger partial charge on any atom is 0.261 e. The summed E-state index contributed by atoms with van der Waals surface area (Å²) in [4.78, 5) is 27.2. The Morgan fingerprint density at radius 1 is 1.41 bits per heavy atom. The molecule has 1 aromatic carbocycles. The minimum Gasteiger partial charge on any atom is -0.496 e. The Kier molecular flexibility index (Phi) is 5.79. The molecule has 0 bridgehead atoms. The summed E-state index contributed by atoms with van der Waals surface area (Å²) >= 11 is 2.72. The van der Waals surface area contributed by atoms with E-state index in [0.717, 1.165) is 5.69 Å². The van der Waals surface area contributed by atoms with Crippen molar-refractivity contribution in [1.82, 2.24) is 4.98 Å². The predicted octanol–water partition coefficient (Wildman–Crippen LogP) is 2.12. The molecular formula is C14H15N3O3S2. The summed E-state index contributed by atoms with van der Waals surface area (Å²) in [5, 5.41) is 5.08. The summed E-state index contributed by atoms with van der Waals surface area (Å²) in [6.45, 7) is 0. The number of thioether (sulfide) groups is 1. The maximum atomic E-state index is 12.2. The van der Waals surface area contributed by atoms with Crippen molar-refractivity contribution < 1.29 is 14.3 Å². The van der Waals surface area contributed by atoms with Gasteiger partial charge in [-0.05, 0) is 12.1 Å². The monoisotopic (exact) mass is 337 g/mol. The fourth-order valence-corrected chi connectivity index (χ4v) is 3.15. The first-order valence-electron chi connectivity index (χ1n) is 6.35. The van der Waals surface area contributed by atoms with Crippen LogP contribution in [0.5, 0.6) is 5.75 Å². The van der Waals surface area contributed by atoms with Crippen LogP contribution in [0.25, 0.3) is 0 Å². The van der Waals surface area contributed by atoms with E-state index in [1.807, 2.05) is 5.38 Å². The number of methoxy groups -OCH3 is 1. The topological polar surface area (TPSA) is 94.3 Å². The molecule has 0 aliphatic carbocycles. The summed E-state index contributed by atoms with van der Waals surface area (Å²) < 4.78 is 5.16. The zero-order chi connectivity index (χ0) is 15.9. The SMILES string of the molecule is COc1ccccc1C(=O)Nc1nc(CSCC(N)=O)cs1. The highest BCUT2D eigenvalue weighted by atomic mass is 32.2. The molecule has 116 valence electrons. The van der Waals surface area contributed by atoms with Crippen molar-refractivity contribution in [1.29, 1.82) is 0 Å². The lowest BCUT2D eigenvalue weighted by Gasteiger charge is -2.07. The largest absolute Gasteiger partial charge is 0.496 e. The van der Waals surface area contributed by atoms with Crippen LogP contribution < -0.4 is 15.8 Å². The Morgan fingerprint density at radius 3 is 2.91 bits per heavy atom. The third-order valence-corrected chi connectivity index (χ3v) is 4.41. The van der Waals surface area contributed by atoms with Gasteiger partial charge in [-0.15, -0.1) is 23.1 Å². The second-order valence-electron chi connectivity index (χ2n) is 4.26. The Labute approximate surface area is 136 Å². The van der Waals surface area contributed by atoms with Gasteiger partial charge in [-0.3, -0.25) is 14.9 Å². The average Bonchev–Trinajstić information content (AvgIpc) is 2.94. The van der Waals surface area contributed by atoms with Crippen LogP contribution in [-0.4, -0.2) is 29.7 Å². The molecule has 6 nitrogen and oxygen atoms in total. The molecule has 8 heteroatoms. The van der Waals surface area contributed by atoms with Crippen molar-refractivity contribution in [3.63, 3.8) is 0 Å². The van der Waals surface area contributed by atoms with Gasteiger partial charge in [0.15, 0.2) is 5.13 Å². The molecule has 2 rings (SSSR count). The van der Waals surface area contributed by atoms with Crippen LogP contribution in [0, 0.1) is 0 Å². The maximum absolute atomic E-state index is 12.2. The minimum absolute atomic E-state index is 0.250. The van der Waals surface area contributed by atoms with Gasteiger partial charge in [0.25, 0.3) is 5.91 Å². The lowest BCUT2D eigenvalue weighted by molar-refractivity contribution is -0.115. The fraction of sp³-hybridized carbons (Fsp3) is 0.214. The second-order valence-corrected chi connectivity index (χ2v) is 6.10. The average molecular weight is 337 g/mol. The minimum atomic E-state index is -0.357. The molecule has 0 saturated carbocycles. The molecule has 2 aromatic rings. The Morgan fingerprint density at radius 2 is 2.18 bits per heavy atom. The molecule has 0 spiro atoms. The van der Waals surface area contributed by atoms with E-state index in [2.05, 4.69) is 10.3 Å². The molecule has 0 fully saturated rings. The molecule has 0 saturated heterocycles. The molecule has 1 heterocycles. The first-order chi connectivity index (χ1) is 10.6. The van der Waals surface area contributed by atoms with Gasteiger partial charge in [0.05, 0.1) is 24.1 Å². The number of primary amides is 1. The smallest absolute Gasteiger partial charge is 0.261 e. The number of rotatable bonds is 7. The zero-order valence-corrected chi connectivity index (χ0v) is 13.5. The number of ether oxygens (including phenoxy) is 1. The standard InChI is InChI=1S/C14H15N3O3S2/c1-20-11-5-3-2-4-10(11)13(19)17-14-16-9(7-22-14)6-21-8-12(15)18/h2-5,7H,6,8H2,1H3,(H2,15,18)(H,16,17,19). The van der Waals surface area contributed by atoms with Crippen LogP contribution in [0.3, 0.4) is 0 Å². The number of nitrogens with one attached hydrogen (secondary N) is 1. The van der Waals surface area contributed by atoms with Crippen LogP contribution >= 0.6 is 23.1 Å². The quantitative estimate of drug-likeness (QED) is 0.807. The zero-order valence-electron chi connectivity index (χ0n) is 11.9. The number of thiazole rings is 1. The summed E-state index contributed by atoms with van der Waals surface area (Å²) in [5.41, 5.74) is 6.32. The van der Waals surface area contributed by atoms with Crippen molar-refractivity contribution in [3.05, 3.63) is 40.9 Å². The molecular weight excluding hydrogens is 322 g/mol. The number of nitrogens with zero attached hydrogens (tertiary/aromatic N) is 1. The first-order valence-corrected chi connectivity index (χ1v) is 8.38. The number of carbonyl (C=O) groups is 2. The van der Waals surface area contributed by atoms with E-state index >= 15 is 0 Å². The summed E-state index contributed by atoms with van der Waals surface area (Å²) in [5.74, 6) is 0.701. The van der Waals surface area contributed by atoms with Crippen LogP contribution in [-0.2, 0) is 10.5 Å². The van der Waals surface area contributed by atoms with Crippen molar-refractivity contribution in [3.8, 4) is 5.75 Å². The van der Waals surface area contributed by atoms with E-state index in [1.165, 1.54) is 30.2 Å². The number of nitrogens with two attached hydrogens (primary N) is 1. The van der Waals surface area contributed by atoms with E-state index in [0.29, 0.717) is 22.2 Å². The van der Waals surface area contributed by atoms with Gasteiger partial charge in [0.1, 0.15) is 5.75 Å². The molecule has 0 aliphatic heterocycles. The van der Waals surface area contributed by atoms with Gasteiger partial charge in [-0.25, -0.2) is 4.98 Å². The van der Waals surface area contributed by atoms with Crippen LogP contribution in [0.4, 0.5) is 5.13 Å². The fourth-order valence-electron chi connectivity index (χ4n) is 1.68. The van der Waals surface area contributed by atoms with E-state index < -0.39 is 0 Å². The number of benzene rings is 1. The Hall–Kier alpha value is -2.06. The summed E-state index contributed by atoms with van der Waals surface area (Å²) in [6.07, 6.45) is 0. The van der Waals surface area contributed by atoms with Crippen molar-refractivity contribution >= 4 is 40.0 Å². The number of amides is 2. The van der Waals surface area contributed by atoms with Crippen LogP contribution in [0.2, 0.25) is 0 Å². The molecule has 0 radical (unpaired) electrons. The highest BCUT2D eigenvalue weighted by Gasteiger charge is 2.13. The highest BCUT2D eigenvalue weighted by molar-refractivity contribution is 7.99. The molecule has 2 amide bonds. The predicted molar refractivity (Wildman–Crippen MR) is 88.4 cm³/mol. The molecule has 0 atom stereocenters. The van der Waals surface area contributed by atoms with E-state index in [1.54, 1.807) is 24.3 Å². The summed E-state index contributed by atoms with van der Waals surface area (Å²) in [7, 11) is 1.52.